The van der Waals surface area contributed by atoms with E-state index in [1.165, 1.54) is 11.3 Å². The van der Waals surface area contributed by atoms with Crippen LogP contribution in [0.5, 0.6) is 0 Å². The lowest BCUT2D eigenvalue weighted by Crippen LogP contribution is -2.37. The molecule has 1 fully saturated rings. The number of likely N-dealkylation sites (tertiary alicyclic amines) is 1. The molecule has 0 saturated carbocycles. The number of carbonyl (C=O) groups is 1. The van der Waals surface area contributed by atoms with Crippen LogP contribution in [0, 0.1) is 5.92 Å². The van der Waals surface area contributed by atoms with Crippen molar-refractivity contribution in [2.75, 3.05) is 18.8 Å². The number of carbonyl (C=O) groups excluding carboxylic acids is 1. The highest BCUT2D eigenvalue weighted by Crippen LogP contribution is 2.34. The molecule has 0 unspecified atom stereocenters. The number of nitrogens with zero attached hydrogens (tertiary/aromatic N) is 1. The zero-order valence-electron chi connectivity index (χ0n) is 11.1. The number of thiophene rings is 1. The van der Waals surface area contributed by atoms with Crippen molar-refractivity contribution >= 4 is 33.0 Å². The summed E-state index contributed by atoms with van der Waals surface area (Å²) in [6, 6.07) is 7.94. The number of benzene rings is 1. The first-order valence-corrected chi connectivity index (χ1v) is 7.54. The van der Waals surface area contributed by atoms with E-state index in [4.69, 9.17) is 5.73 Å². The van der Waals surface area contributed by atoms with Crippen molar-refractivity contribution in [3.05, 3.63) is 29.1 Å². The summed E-state index contributed by atoms with van der Waals surface area (Å²) in [6.45, 7) is 3.96. The van der Waals surface area contributed by atoms with Gasteiger partial charge in [-0.25, -0.2) is 0 Å². The minimum Gasteiger partial charge on any atom is -0.397 e. The monoisotopic (exact) mass is 274 g/mol. The standard InChI is InChI=1S/C15H18N2OS/c1-10-6-8-17(9-7-10)15(18)14-13(16)11-4-2-3-5-12(11)19-14/h2-5,10H,6-9,16H2,1H3. The minimum atomic E-state index is 0.102. The maximum atomic E-state index is 12.6. The molecule has 1 amide bonds. The van der Waals surface area contributed by atoms with Gasteiger partial charge in [0.25, 0.3) is 5.91 Å². The highest BCUT2D eigenvalue weighted by Gasteiger charge is 2.25. The first-order chi connectivity index (χ1) is 9.16. The van der Waals surface area contributed by atoms with Crippen molar-refractivity contribution in [3.8, 4) is 0 Å². The predicted octanol–water partition coefficient (Wildman–Crippen LogP) is 3.36. The summed E-state index contributed by atoms with van der Waals surface area (Å²) in [7, 11) is 0. The van der Waals surface area contributed by atoms with E-state index in [0.717, 1.165) is 41.9 Å². The second-order valence-corrected chi connectivity index (χ2v) is 6.37. The molecule has 3 rings (SSSR count). The van der Waals surface area contributed by atoms with Gasteiger partial charge in [0.2, 0.25) is 0 Å². The predicted molar refractivity (Wildman–Crippen MR) is 80.5 cm³/mol. The molecule has 1 aromatic carbocycles. The summed E-state index contributed by atoms with van der Waals surface area (Å²) >= 11 is 1.51. The molecule has 0 aliphatic carbocycles. The lowest BCUT2D eigenvalue weighted by molar-refractivity contribution is 0.0703. The summed E-state index contributed by atoms with van der Waals surface area (Å²) in [5.74, 6) is 0.828. The fraction of sp³-hybridized carbons (Fsp3) is 0.400. The SMILES string of the molecule is CC1CCN(C(=O)c2sc3ccccc3c2N)CC1. The van der Waals surface area contributed by atoms with Gasteiger partial charge in [-0.05, 0) is 24.8 Å². The summed E-state index contributed by atoms with van der Waals surface area (Å²) in [4.78, 5) is 15.2. The second kappa shape index (κ2) is 4.85. The lowest BCUT2D eigenvalue weighted by atomic mass is 9.99. The average molecular weight is 274 g/mol. The van der Waals surface area contributed by atoms with E-state index < -0.39 is 0 Å². The Morgan fingerprint density at radius 1 is 1.32 bits per heavy atom. The Bertz CT molecular complexity index is 612. The molecule has 2 aromatic rings. The molecular formula is C15H18N2OS. The van der Waals surface area contributed by atoms with Crippen LogP contribution < -0.4 is 5.73 Å². The number of hydrogen-bond acceptors (Lipinski definition) is 3. The molecule has 1 saturated heterocycles. The number of piperidine rings is 1. The molecule has 2 heterocycles. The van der Waals surface area contributed by atoms with Crippen molar-refractivity contribution in [1.82, 2.24) is 4.90 Å². The van der Waals surface area contributed by atoms with E-state index in [0.29, 0.717) is 10.6 Å². The first kappa shape index (κ1) is 12.5. The molecule has 0 atom stereocenters. The van der Waals surface area contributed by atoms with E-state index in [2.05, 4.69) is 6.92 Å². The zero-order valence-corrected chi connectivity index (χ0v) is 11.9. The number of nitrogen functional groups attached to an aromatic ring is 1. The van der Waals surface area contributed by atoms with Gasteiger partial charge in [-0.1, -0.05) is 25.1 Å². The Hall–Kier alpha value is -1.55. The number of anilines is 1. The van der Waals surface area contributed by atoms with Crippen LogP contribution in [0.3, 0.4) is 0 Å². The number of rotatable bonds is 1. The Balaban J connectivity index is 1.91. The molecule has 1 aromatic heterocycles. The van der Waals surface area contributed by atoms with Crippen LogP contribution in [-0.4, -0.2) is 23.9 Å². The minimum absolute atomic E-state index is 0.102. The van der Waals surface area contributed by atoms with Gasteiger partial charge in [-0.2, -0.15) is 0 Å². The van der Waals surface area contributed by atoms with Crippen molar-refractivity contribution in [1.29, 1.82) is 0 Å². The van der Waals surface area contributed by atoms with Crippen LogP contribution in [-0.2, 0) is 0 Å². The van der Waals surface area contributed by atoms with Gasteiger partial charge in [0.05, 0.1) is 5.69 Å². The Morgan fingerprint density at radius 3 is 2.68 bits per heavy atom. The van der Waals surface area contributed by atoms with E-state index in [1.54, 1.807) is 0 Å². The van der Waals surface area contributed by atoms with Crippen LogP contribution in [0.1, 0.15) is 29.4 Å². The van der Waals surface area contributed by atoms with Crippen LogP contribution in [0.2, 0.25) is 0 Å². The van der Waals surface area contributed by atoms with E-state index >= 15 is 0 Å². The number of amides is 1. The van der Waals surface area contributed by atoms with Gasteiger partial charge in [0.1, 0.15) is 4.88 Å². The molecule has 1 aliphatic heterocycles. The third kappa shape index (κ3) is 2.21. The molecule has 100 valence electrons. The summed E-state index contributed by atoms with van der Waals surface area (Å²) in [6.07, 6.45) is 2.19. The molecular weight excluding hydrogens is 256 g/mol. The zero-order chi connectivity index (χ0) is 13.4. The largest absolute Gasteiger partial charge is 0.397 e. The average Bonchev–Trinajstić information content (AvgIpc) is 2.77. The third-order valence-electron chi connectivity index (χ3n) is 3.90. The molecule has 0 spiro atoms. The number of hydrogen-bond donors (Lipinski definition) is 1. The van der Waals surface area contributed by atoms with Gasteiger partial charge in [-0.3, -0.25) is 4.79 Å². The lowest BCUT2D eigenvalue weighted by Gasteiger charge is -2.30. The smallest absolute Gasteiger partial charge is 0.266 e. The second-order valence-electron chi connectivity index (χ2n) is 5.32. The van der Waals surface area contributed by atoms with Crippen molar-refractivity contribution < 1.29 is 4.79 Å². The molecule has 1 aliphatic rings. The highest BCUT2D eigenvalue weighted by atomic mass is 32.1. The Morgan fingerprint density at radius 2 is 2.00 bits per heavy atom. The van der Waals surface area contributed by atoms with Gasteiger partial charge < -0.3 is 10.6 Å². The number of fused-ring (bicyclic) bond motifs is 1. The van der Waals surface area contributed by atoms with Gasteiger partial charge in [0, 0.05) is 23.2 Å². The van der Waals surface area contributed by atoms with Gasteiger partial charge >= 0.3 is 0 Å². The van der Waals surface area contributed by atoms with Crippen molar-refractivity contribution in [2.45, 2.75) is 19.8 Å². The van der Waals surface area contributed by atoms with Crippen LogP contribution in [0.4, 0.5) is 5.69 Å². The van der Waals surface area contributed by atoms with Crippen molar-refractivity contribution in [3.63, 3.8) is 0 Å². The fourth-order valence-corrected chi connectivity index (χ4v) is 3.67. The summed E-state index contributed by atoms with van der Waals surface area (Å²) < 4.78 is 1.09. The fourth-order valence-electron chi connectivity index (χ4n) is 2.58. The first-order valence-electron chi connectivity index (χ1n) is 6.73. The van der Waals surface area contributed by atoms with E-state index in [1.807, 2.05) is 29.2 Å². The molecule has 2 N–H and O–H groups in total. The van der Waals surface area contributed by atoms with Crippen LogP contribution >= 0.6 is 11.3 Å². The van der Waals surface area contributed by atoms with Crippen LogP contribution in [0.15, 0.2) is 24.3 Å². The topological polar surface area (TPSA) is 46.3 Å². The normalized spacial score (nSPS) is 17.0. The molecule has 19 heavy (non-hydrogen) atoms. The van der Waals surface area contributed by atoms with Crippen molar-refractivity contribution in [2.24, 2.45) is 5.92 Å². The quantitative estimate of drug-likeness (QED) is 0.866. The summed E-state index contributed by atoms with van der Waals surface area (Å²) in [5.41, 5.74) is 6.78. The Kier molecular flexibility index (Phi) is 3.19. The summed E-state index contributed by atoms with van der Waals surface area (Å²) in [5, 5.41) is 1.00. The number of nitrogens with two attached hydrogens (primary N) is 1. The molecule has 0 radical (unpaired) electrons. The van der Waals surface area contributed by atoms with E-state index in [-0.39, 0.29) is 5.91 Å². The molecule has 0 bridgehead atoms. The maximum absolute atomic E-state index is 12.6. The Labute approximate surface area is 117 Å². The van der Waals surface area contributed by atoms with Gasteiger partial charge in [-0.15, -0.1) is 11.3 Å². The molecule has 4 heteroatoms. The van der Waals surface area contributed by atoms with E-state index in [9.17, 15) is 4.79 Å². The third-order valence-corrected chi connectivity index (χ3v) is 5.07. The molecule has 3 nitrogen and oxygen atoms in total. The maximum Gasteiger partial charge on any atom is 0.266 e. The highest BCUT2D eigenvalue weighted by molar-refractivity contribution is 7.21. The van der Waals surface area contributed by atoms with Crippen LogP contribution in [0.25, 0.3) is 10.1 Å². The van der Waals surface area contributed by atoms with Gasteiger partial charge in [0.15, 0.2) is 0 Å².